The summed E-state index contributed by atoms with van der Waals surface area (Å²) in [6.45, 7) is 3.16. The number of nitrogens with zero attached hydrogens (tertiary/aromatic N) is 1. The minimum atomic E-state index is -0.362. The highest BCUT2D eigenvalue weighted by molar-refractivity contribution is 5.84. The average Bonchev–Trinajstić information content (AvgIpc) is 2.93. The molecule has 0 saturated heterocycles. The van der Waals surface area contributed by atoms with Crippen LogP contribution in [0.4, 0.5) is 10.1 Å². The molecule has 1 saturated carbocycles. The number of aldehydes is 1. The highest BCUT2D eigenvalue weighted by Crippen LogP contribution is 2.38. The Balaban J connectivity index is 2.15. The maximum Gasteiger partial charge on any atom is 0.152 e. The molecule has 1 fully saturated rings. The minimum Gasteiger partial charge on any atom is -0.374 e. The molecule has 1 aromatic carbocycles. The van der Waals surface area contributed by atoms with E-state index in [1.54, 1.807) is 6.07 Å². The van der Waals surface area contributed by atoms with Crippen molar-refractivity contribution in [1.29, 1.82) is 0 Å². The molecule has 16 heavy (non-hydrogen) atoms. The van der Waals surface area contributed by atoms with Crippen LogP contribution in [0.2, 0.25) is 0 Å². The van der Waals surface area contributed by atoms with Gasteiger partial charge in [0.25, 0.3) is 0 Å². The molecular formula is C13H16FNO. The van der Waals surface area contributed by atoms with Gasteiger partial charge in [-0.25, -0.2) is 4.39 Å². The monoisotopic (exact) mass is 221 g/mol. The molecule has 2 rings (SSSR count). The molecule has 0 bridgehead atoms. The van der Waals surface area contributed by atoms with Gasteiger partial charge in [0, 0.05) is 24.8 Å². The van der Waals surface area contributed by atoms with Crippen LogP contribution in [-0.4, -0.2) is 19.9 Å². The Morgan fingerprint density at radius 3 is 2.81 bits per heavy atom. The Hall–Kier alpha value is -1.38. The van der Waals surface area contributed by atoms with Crippen LogP contribution in [0, 0.1) is 17.7 Å². The van der Waals surface area contributed by atoms with Gasteiger partial charge in [0.1, 0.15) is 5.82 Å². The van der Waals surface area contributed by atoms with E-state index in [-0.39, 0.29) is 5.82 Å². The molecule has 0 spiro atoms. The van der Waals surface area contributed by atoms with Gasteiger partial charge in [-0.2, -0.15) is 0 Å². The lowest BCUT2D eigenvalue weighted by atomic mass is 10.1. The molecule has 2 atom stereocenters. The van der Waals surface area contributed by atoms with Crippen LogP contribution < -0.4 is 4.90 Å². The molecule has 1 aromatic rings. The maximum absolute atomic E-state index is 13.0. The zero-order valence-corrected chi connectivity index (χ0v) is 9.61. The van der Waals surface area contributed by atoms with Crippen LogP contribution in [0.3, 0.4) is 0 Å². The lowest BCUT2D eigenvalue weighted by Gasteiger charge is -2.20. The molecule has 0 radical (unpaired) electrons. The topological polar surface area (TPSA) is 20.3 Å². The van der Waals surface area contributed by atoms with Crippen molar-refractivity contribution in [2.45, 2.75) is 13.3 Å². The first-order valence-corrected chi connectivity index (χ1v) is 5.57. The number of halogens is 1. The number of carbonyl (C=O) groups is 1. The van der Waals surface area contributed by atoms with Crippen LogP contribution in [0.15, 0.2) is 18.2 Å². The normalized spacial score (nSPS) is 22.9. The lowest BCUT2D eigenvalue weighted by molar-refractivity contribution is 0.112. The van der Waals surface area contributed by atoms with E-state index in [9.17, 15) is 9.18 Å². The fraction of sp³-hybridized carbons (Fsp3) is 0.462. The number of hydrogen-bond acceptors (Lipinski definition) is 2. The summed E-state index contributed by atoms with van der Waals surface area (Å²) in [6, 6.07) is 4.36. The largest absolute Gasteiger partial charge is 0.374 e. The molecule has 2 nitrogen and oxygen atoms in total. The fourth-order valence-electron chi connectivity index (χ4n) is 2.07. The Bertz CT molecular complexity index is 405. The first-order chi connectivity index (χ1) is 7.61. The molecule has 0 heterocycles. The Kier molecular flexibility index (Phi) is 2.95. The summed E-state index contributed by atoms with van der Waals surface area (Å²) < 4.78 is 13.0. The van der Waals surface area contributed by atoms with Crippen LogP contribution >= 0.6 is 0 Å². The van der Waals surface area contributed by atoms with Crippen molar-refractivity contribution in [3.05, 3.63) is 29.6 Å². The Morgan fingerprint density at radius 2 is 2.25 bits per heavy atom. The smallest absolute Gasteiger partial charge is 0.152 e. The van der Waals surface area contributed by atoms with Crippen LogP contribution in [0.5, 0.6) is 0 Å². The standard InChI is InChI=1S/C13H16FNO/c1-9-5-10(9)7-15(2)13-4-3-12(14)6-11(13)8-16/h3-4,6,8-10H,5,7H2,1-2H3. The van der Waals surface area contributed by atoms with Gasteiger partial charge >= 0.3 is 0 Å². The third-order valence-electron chi connectivity index (χ3n) is 3.31. The molecule has 1 aliphatic carbocycles. The van der Waals surface area contributed by atoms with E-state index >= 15 is 0 Å². The van der Waals surface area contributed by atoms with E-state index in [0.717, 1.165) is 24.1 Å². The molecule has 1 aliphatic rings. The van der Waals surface area contributed by atoms with E-state index in [0.29, 0.717) is 11.8 Å². The minimum absolute atomic E-state index is 0.362. The predicted molar refractivity (Wildman–Crippen MR) is 62.3 cm³/mol. The van der Waals surface area contributed by atoms with Gasteiger partial charge in [-0.3, -0.25) is 4.79 Å². The number of hydrogen-bond donors (Lipinski definition) is 0. The second-order valence-corrected chi connectivity index (χ2v) is 4.67. The molecule has 0 N–H and O–H groups in total. The summed E-state index contributed by atoms with van der Waals surface area (Å²) in [5, 5.41) is 0. The van der Waals surface area contributed by atoms with Gasteiger partial charge in [0.15, 0.2) is 6.29 Å². The summed E-state index contributed by atoms with van der Waals surface area (Å²) in [5.74, 6) is 1.14. The van der Waals surface area contributed by atoms with E-state index in [2.05, 4.69) is 6.92 Å². The maximum atomic E-state index is 13.0. The van der Waals surface area contributed by atoms with Gasteiger partial charge in [0.2, 0.25) is 0 Å². The number of rotatable bonds is 4. The average molecular weight is 221 g/mol. The Labute approximate surface area is 95.1 Å². The van der Waals surface area contributed by atoms with Crippen LogP contribution in [0.1, 0.15) is 23.7 Å². The second kappa shape index (κ2) is 4.24. The lowest BCUT2D eigenvalue weighted by Crippen LogP contribution is -2.21. The van der Waals surface area contributed by atoms with Crippen molar-refractivity contribution in [3.63, 3.8) is 0 Å². The van der Waals surface area contributed by atoms with Crippen LogP contribution in [0.25, 0.3) is 0 Å². The fourth-order valence-corrected chi connectivity index (χ4v) is 2.07. The summed E-state index contributed by atoms with van der Waals surface area (Å²) in [7, 11) is 1.95. The van der Waals surface area contributed by atoms with Crippen molar-refractivity contribution >= 4 is 12.0 Å². The SMILES string of the molecule is CC1CC1CN(C)c1ccc(F)cc1C=O. The third kappa shape index (κ3) is 2.23. The first kappa shape index (κ1) is 11.1. The van der Waals surface area contributed by atoms with Gasteiger partial charge in [-0.1, -0.05) is 6.92 Å². The number of anilines is 1. The highest BCUT2D eigenvalue weighted by Gasteiger charge is 2.33. The molecular weight excluding hydrogens is 205 g/mol. The van der Waals surface area contributed by atoms with Gasteiger partial charge in [0.05, 0.1) is 0 Å². The van der Waals surface area contributed by atoms with Crippen molar-refractivity contribution < 1.29 is 9.18 Å². The van der Waals surface area contributed by atoms with E-state index in [1.807, 2.05) is 11.9 Å². The van der Waals surface area contributed by atoms with Gasteiger partial charge in [-0.05, 0) is 36.5 Å². The van der Waals surface area contributed by atoms with Gasteiger partial charge < -0.3 is 4.90 Å². The summed E-state index contributed by atoms with van der Waals surface area (Å²) in [6.07, 6.45) is 1.97. The van der Waals surface area contributed by atoms with Crippen LogP contribution in [-0.2, 0) is 0 Å². The van der Waals surface area contributed by atoms with E-state index < -0.39 is 0 Å². The quantitative estimate of drug-likeness (QED) is 0.729. The molecule has 3 heteroatoms. The molecule has 86 valence electrons. The summed E-state index contributed by atoms with van der Waals surface area (Å²) in [5.41, 5.74) is 1.24. The van der Waals surface area contributed by atoms with Gasteiger partial charge in [-0.15, -0.1) is 0 Å². The van der Waals surface area contributed by atoms with Crippen molar-refractivity contribution in [2.75, 3.05) is 18.5 Å². The molecule has 0 amide bonds. The van der Waals surface area contributed by atoms with Crippen molar-refractivity contribution in [1.82, 2.24) is 0 Å². The first-order valence-electron chi connectivity index (χ1n) is 5.57. The highest BCUT2D eigenvalue weighted by atomic mass is 19.1. The predicted octanol–water partition coefficient (Wildman–Crippen LogP) is 2.73. The zero-order chi connectivity index (χ0) is 11.7. The van der Waals surface area contributed by atoms with E-state index in [4.69, 9.17) is 0 Å². The zero-order valence-electron chi connectivity index (χ0n) is 9.61. The number of carbonyl (C=O) groups excluding carboxylic acids is 1. The second-order valence-electron chi connectivity index (χ2n) is 4.67. The molecule has 2 unspecified atom stereocenters. The third-order valence-corrected chi connectivity index (χ3v) is 3.31. The number of benzene rings is 1. The van der Waals surface area contributed by atoms with Crippen molar-refractivity contribution in [2.24, 2.45) is 11.8 Å². The Morgan fingerprint density at radius 1 is 1.56 bits per heavy atom. The molecule has 0 aromatic heterocycles. The van der Waals surface area contributed by atoms with Crippen molar-refractivity contribution in [3.8, 4) is 0 Å². The summed E-state index contributed by atoms with van der Waals surface area (Å²) >= 11 is 0. The summed E-state index contributed by atoms with van der Waals surface area (Å²) in [4.78, 5) is 12.9. The molecule has 0 aliphatic heterocycles. The van der Waals surface area contributed by atoms with E-state index in [1.165, 1.54) is 18.6 Å².